The molecular weight excluding hydrogens is 228 g/mol. The molecule has 5 nitrogen and oxygen atoms in total. The number of piperidine rings is 1. The van der Waals surface area contributed by atoms with Crippen LogP contribution in [0.1, 0.15) is 19.3 Å². The molecule has 2 fully saturated rings. The van der Waals surface area contributed by atoms with Gasteiger partial charge in [0.2, 0.25) is 5.91 Å². The van der Waals surface area contributed by atoms with E-state index in [2.05, 4.69) is 16.3 Å². The van der Waals surface area contributed by atoms with Crippen molar-refractivity contribution in [1.82, 2.24) is 15.1 Å². The van der Waals surface area contributed by atoms with Crippen molar-refractivity contribution in [3.63, 3.8) is 0 Å². The van der Waals surface area contributed by atoms with Crippen LogP contribution >= 0.6 is 0 Å². The molecule has 0 radical (unpaired) electrons. The summed E-state index contributed by atoms with van der Waals surface area (Å²) >= 11 is 0. The number of carbonyl (C=O) groups is 1. The Labute approximate surface area is 109 Å². The number of nitriles is 1. The molecule has 0 aromatic heterocycles. The molecule has 2 heterocycles. The van der Waals surface area contributed by atoms with Crippen molar-refractivity contribution in [2.75, 3.05) is 45.8 Å². The van der Waals surface area contributed by atoms with Gasteiger partial charge in [0.15, 0.2) is 0 Å². The van der Waals surface area contributed by atoms with Gasteiger partial charge in [0.25, 0.3) is 0 Å². The van der Waals surface area contributed by atoms with E-state index in [1.165, 1.54) is 0 Å². The number of nitrogens with one attached hydrogen (secondary N) is 1. The maximum Gasteiger partial charge on any atom is 0.225 e. The summed E-state index contributed by atoms with van der Waals surface area (Å²) in [5.41, 5.74) is 0. The lowest BCUT2D eigenvalue weighted by molar-refractivity contribution is -0.137. The summed E-state index contributed by atoms with van der Waals surface area (Å²) in [6.45, 7) is 6.33. The molecule has 2 aliphatic heterocycles. The second-order valence-electron chi connectivity index (χ2n) is 5.10. The number of rotatable bonds is 3. The summed E-state index contributed by atoms with van der Waals surface area (Å²) in [6.07, 6.45) is 2.50. The molecular formula is C13H22N4O. The smallest absolute Gasteiger partial charge is 0.225 e. The van der Waals surface area contributed by atoms with E-state index < -0.39 is 0 Å². The SMILES string of the molecule is N#CCCN1CCC(C(=O)N2CCNCC2)CC1. The highest BCUT2D eigenvalue weighted by Crippen LogP contribution is 2.20. The largest absolute Gasteiger partial charge is 0.340 e. The highest BCUT2D eigenvalue weighted by molar-refractivity contribution is 5.79. The molecule has 0 saturated carbocycles. The van der Waals surface area contributed by atoms with Crippen LogP contribution in [-0.4, -0.2) is 61.5 Å². The van der Waals surface area contributed by atoms with Crippen LogP contribution in [0.4, 0.5) is 0 Å². The van der Waals surface area contributed by atoms with E-state index in [1.807, 2.05) is 4.90 Å². The van der Waals surface area contributed by atoms with E-state index in [1.54, 1.807) is 0 Å². The predicted octanol–water partition coefficient (Wildman–Crippen LogP) is 0.0439. The van der Waals surface area contributed by atoms with Crippen LogP contribution < -0.4 is 5.32 Å². The average molecular weight is 250 g/mol. The summed E-state index contributed by atoms with van der Waals surface area (Å²) < 4.78 is 0. The maximum atomic E-state index is 12.3. The first-order chi connectivity index (χ1) is 8.81. The number of likely N-dealkylation sites (tertiary alicyclic amines) is 1. The zero-order valence-corrected chi connectivity index (χ0v) is 10.9. The molecule has 5 heteroatoms. The van der Waals surface area contributed by atoms with Crippen molar-refractivity contribution in [3.05, 3.63) is 0 Å². The van der Waals surface area contributed by atoms with Gasteiger partial charge in [0.1, 0.15) is 0 Å². The summed E-state index contributed by atoms with van der Waals surface area (Å²) in [6, 6.07) is 2.18. The molecule has 0 unspecified atom stereocenters. The van der Waals surface area contributed by atoms with Crippen molar-refractivity contribution in [2.45, 2.75) is 19.3 Å². The number of nitrogens with zero attached hydrogens (tertiary/aromatic N) is 3. The summed E-state index contributed by atoms with van der Waals surface area (Å²) in [5, 5.41) is 11.8. The molecule has 0 aromatic carbocycles. The first-order valence-electron chi connectivity index (χ1n) is 6.90. The van der Waals surface area contributed by atoms with E-state index >= 15 is 0 Å². The van der Waals surface area contributed by atoms with Crippen LogP contribution in [0.15, 0.2) is 0 Å². The fourth-order valence-corrected chi connectivity index (χ4v) is 2.76. The number of piperazine rings is 1. The topological polar surface area (TPSA) is 59.4 Å². The van der Waals surface area contributed by atoms with Crippen LogP contribution in [0.2, 0.25) is 0 Å². The van der Waals surface area contributed by atoms with Gasteiger partial charge in [-0.1, -0.05) is 0 Å². The van der Waals surface area contributed by atoms with Gasteiger partial charge in [-0.05, 0) is 25.9 Å². The molecule has 2 aliphatic rings. The minimum atomic E-state index is 0.210. The number of hydrogen-bond donors (Lipinski definition) is 1. The quantitative estimate of drug-likeness (QED) is 0.768. The molecule has 1 amide bonds. The Morgan fingerprint density at radius 3 is 2.50 bits per heavy atom. The fourth-order valence-electron chi connectivity index (χ4n) is 2.76. The normalized spacial score (nSPS) is 22.7. The summed E-state index contributed by atoms with van der Waals surface area (Å²) in [7, 11) is 0. The second-order valence-corrected chi connectivity index (χ2v) is 5.10. The van der Waals surface area contributed by atoms with Gasteiger partial charge < -0.3 is 15.1 Å². The number of hydrogen-bond acceptors (Lipinski definition) is 4. The molecule has 0 aromatic rings. The van der Waals surface area contributed by atoms with Gasteiger partial charge in [-0.15, -0.1) is 0 Å². The third-order valence-corrected chi connectivity index (χ3v) is 3.91. The summed E-state index contributed by atoms with van der Waals surface area (Å²) in [4.78, 5) is 16.6. The molecule has 100 valence electrons. The van der Waals surface area contributed by atoms with E-state index in [-0.39, 0.29) is 5.92 Å². The van der Waals surface area contributed by atoms with Crippen LogP contribution in [0.25, 0.3) is 0 Å². The van der Waals surface area contributed by atoms with Crippen molar-refractivity contribution >= 4 is 5.91 Å². The Morgan fingerprint density at radius 2 is 1.89 bits per heavy atom. The van der Waals surface area contributed by atoms with Crippen LogP contribution in [-0.2, 0) is 4.79 Å². The Hall–Kier alpha value is -1.12. The Bertz CT molecular complexity index is 311. The first kappa shape index (κ1) is 13.3. The standard InChI is InChI=1S/C13H22N4O/c14-4-1-7-16-8-2-12(3-9-16)13(18)17-10-5-15-6-11-17/h12,15H,1-3,5-11H2. The summed E-state index contributed by atoms with van der Waals surface area (Å²) in [5.74, 6) is 0.554. The Balaban J connectivity index is 1.75. The van der Waals surface area contributed by atoms with Gasteiger partial charge in [0.05, 0.1) is 6.07 Å². The third kappa shape index (κ3) is 3.44. The van der Waals surface area contributed by atoms with E-state index in [4.69, 9.17) is 5.26 Å². The Kier molecular flexibility index (Phi) is 4.97. The zero-order valence-electron chi connectivity index (χ0n) is 10.9. The molecule has 0 aliphatic carbocycles. The minimum absolute atomic E-state index is 0.210. The van der Waals surface area contributed by atoms with E-state index in [9.17, 15) is 4.79 Å². The van der Waals surface area contributed by atoms with Gasteiger partial charge in [-0.2, -0.15) is 5.26 Å². The monoisotopic (exact) mass is 250 g/mol. The number of amides is 1. The highest BCUT2D eigenvalue weighted by Gasteiger charge is 2.28. The van der Waals surface area contributed by atoms with Crippen molar-refractivity contribution in [2.24, 2.45) is 5.92 Å². The third-order valence-electron chi connectivity index (χ3n) is 3.91. The van der Waals surface area contributed by atoms with Gasteiger partial charge in [-0.3, -0.25) is 4.79 Å². The molecule has 18 heavy (non-hydrogen) atoms. The van der Waals surface area contributed by atoms with Crippen molar-refractivity contribution in [1.29, 1.82) is 5.26 Å². The molecule has 1 N–H and O–H groups in total. The number of carbonyl (C=O) groups excluding carboxylic acids is 1. The molecule has 2 saturated heterocycles. The van der Waals surface area contributed by atoms with E-state index in [0.29, 0.717) is 12.3 Å². The van der Waals surface area contributed by atoms with Gasteiger partial charge in [-0.25, -0.2) is 0 Å². The minimum Gasteiger partial charge on any atom is -0.340 e. The lowest BCUT2D eigenvalue weighted by Crippen LogP contribution is -2.50. The fraction of sp³-hybridized carbons (Fsp3) is 0.846. The maximum absolute atomic E-state index is 12.3. The lowest BCUT2D eigenvalue weighted by Gasteiger charge is -2.35. The molecule has 0 bridgehead atoms. The van der Waals surface area contributed by atoms with Gasteiger partial charge >= 0.3 is 0 Å². The average Bonchev–Trinajstić information content (AvgIpc) is 2.46. The Morgan fingerprint density at radius 1 is 1.22 bits per heavy atom. The zero-order chi connectivity index (χ0) is 12.8. The van der Waals surface area contributed by atoms with Crippen LogP contribution in [0, 0.1) is 17.2 Å². The van der Waals surface area contributed by atoms with Crippen LogP contribution in [0.5, 0.6) is 0 Å². The van der Waals surface area contributed by atoms with Gasteiger partial charge in [0, 0.05) is 45.1 Å². The predicted molar refractivity (Wildman–Crippen MR) is 68.8 cm³/mol. The molecule has 0 spiro atoms. The highest BCUT2D eigenvalue weighted by atomic mass is 16.2. The molecule has 2 rings (SSSR count). The molecule has 0 atom stereocenters. The van der Waals surface area contributed by atoms with Crippen molar-refractivity contribution < 1.29 is 4.79 Å². The van der Waals surface area contributed by atoms with Crippen LogP contribution in [0.3, 0.4) is 0 Å². The van der Waals surface area contributed by atoms with Crippen molar-refractivity contribution in [3.8, 4) is 6.07 Å². The first-order valence-corrected chi connectivity index (χ1v) is 6.90. The van der Waals surface area contributed by atoms with E-state index in [0.717, 1.165) is 58.7 Å². The lowest BCUT2D eigenvalue weighted by atomic mass is 9.95. The second kappa shape index (κ2) is 6.72.